The second-order valence-electron chi connectivity index (χ2n) is 11.0. The maximum atomic E-state index is 13.3. The molecule has 2 aromatic carbocycles. The summed E-state index contributed by atoms with van der Waals surface area (Å²) in [4.78, 5) is 26.5. The second-order valence-corrected chi connectivity index (χ2v) is 11.0. The van der Waals surface area contributed by atoms with Crippen molar-refractivity contribution in [1.82, 2.24) is 30.0 Å². The number of aromatic nitrogens is 4. The fourth-order valence-electron chi connectivity index (χ4n) is 5.35. The van der Waals surface area contributed by atoms with Gasteiger partial charge in [0.1, 0.15) is 30.3 Å². The summed E-state index contributed by atoms with van der Waals surface area (Å²) in [7, 11) is 1.96. The number of hydrogen-bond donors (Lipinski definition) is 1. The molecule has 0 bridgehead atoms. The molecule has 222 valence electrons. The molecule has 0 radical (unpaired) electrons. The highest BCUT2D eigenvalue weighted by molar-refractivity contribution is 5.94. The Morgan fingerprint density at radius 2 is 1.79 bits per heavy atom. The van der Waals surface area contributed by atoms with Crippen molar-refractivity contribution >= 4 is 22.8 Å². The maximum absolute atomic E-state index is 13.3. The summed E-state index contributed by atoms with van der Waals surface area (Å²) in [5.74, 6) is 3.09. The number of nitrogens with zero attached hydrogens (tertiary/aromatic N) is 6. The standard InChI is InChI=1S/C32H41N7O3/c1-5-41-28-8-6-7-24(18-28)20-39-31-29(19-36-39)30(34-22-35-31)37-13-15-38(16-14-37)32(40)25-9-11-27(12-10-25)42-21-26(33-4)17-23(2)3/h6-12,18-19,22-23,26,33H,5,13-17,20-21H2,1-4H3/t26-/m0/s1. The minimum Gasteiger partial charge on any atom is -0.494 e. The van der Waals surface area contributed by atoms with Crippen molar-refractivity contribution < 1.29 is 14.3 Å². The van der Waals surface area contributed by atoms with Gasteiger partial charge in [-0.15, -0.1) is 0 Å². The Bertz CT molecular complexity index is 1460. The van der Waals surface area contributed by atoms with Gasteiger partial charge in [0, 0.05) is 37.8 Å². The molecule has 1 aliphatic heterocycles. The summed E-state index contributed by atoms with van der Waals surface area (Å²) in [5, 5.41) is 8.84. The number of piperazine rings is 1. The molecule has 10 nitrogen and oxygen atoms in total. The summed E-state index contributed by atoms with van der Waals surface area (Å²) in [6, 6.07) is 15.8. The lowest BCUT2D eigenvalue weighted by atomic mass is 10.0. The number of likely N-dealkylation sites (N-methyl/N-ethyl adjacent to an activating group) is 1. The van der Waals surface area contributed by atoms with Crippen LogP contribution >= 0.6 is 0 Å². The fraction of sp³-hybridized carbons (Fsp3) is 0.438. The van der Waals surface area contributed by atoms with Crippen LogP contribution in [0, 0.1) is 5.92 Å². The highest BCUT2D eigenvalue weighted by atomic mass is 16.5. The largest absolute Gasteiger partial charge is 0.494 e. The predicted octanol–water partition coefficient (Wildman–Crippen LogP) is 4.25. The van der Waals surface area contributed by atoms with Crippen LogP contribution < -0.4 is 19.7 Å². The van der Waals surface area contributed by atoms with E-state index in [1.807, 2.05) is 72.2 Å². The Balaban J connectivity index is 1.19. The quantitative estimate of drug-likeness (QED) is 0.270. The van der Waals surface area contributed by atoms with E-state index in [9.17, 15) is 4.79 Å². The van der Waals surface area contributed by atoms with Gasteiger partial charge in [0.05, 0.1) is 24.7 Å². The van der Waals surface area contributed by atoms with Crippen LogP contribution in [0.2, 0.25) is 0 Å². The molecule has 0 saturated carbocycles. The van der Waals surface area contributed by atoms with Gasteiger partial charge in [-0.1, -0.05) is 26.0 Å². The number of carbonyl (C=O) groups excluding carboxylic acids is 1. The fourth-order valence-corrected chi connectivity index (χ4v) is 5.35. The van der Waals surface area contributed by atoms with Crippen LogP contribution in [0.25, 0.3) is 11.0 Å². The molecule has 1 N–H and O–H groups in total. The van der Waals surface area contributed by atoms with Crippen LogP contribution in [0.1, 0.15) is 43.1 Å². The van der Waals surface area contributed by atoms with E-state index < -0.39 is 0 Å². The molecule has 1 aliphatic rings. The monoisotopic (exact) mass is 571 g/mol. The number of fused-ring (bicyclic) bond motifs is 1. The average molecular weight is 572 g/mol. The first kappa shape index (κ1) is 29.3. The van der Waals surface area contributed by atoms with E-state index in [1.54, 1.807) is 6.33 Å². The van der Waals surface area contributed by atoms with E-state index in [0.717, 1.165) is 40.3 Å². The molecular weight excluding hydrogens is 530 g/mol. The van der Waals surface area contributed by atoms with Crippen LogP contribution in [0.15, 0.2) is 61.1 Å². The Labute approximate surface area is 247 Å². The van der Waals surface area contributed by atoms with E-state index in [-0.39, 0.29) is 5.91 Å². The smallest absolute Gasteiger partial charge is 0.253 e. The Morgan fingerprint density at radius 3 is 2.50 bits per heavy atom. The van der Waals surface area contributed by atoms with Gasteiger partial charge in [0.15, 0.2) is 5.65 Å². The number of benzene rings is 2. The lowest BCUT2D eigenvalue weighted by Gasteiger charge is -2.35. The predicted molar refractivity (Wildman–Crippen MR) is 164 cm³/mol. The number of anilines is 1. The third-order valence-electron chi connectivity index (χ3n) is 7.54. The SMILES string of the molecule is CCOc1cccc(Cn2ncc3c(N4CCN(C(=O)c5ccc(OC[C@H](CC(C)C)NC)cc5)CC4)ncnc32)c1. The summed E-state index contributed by atoms with van der Waals surface area (Å²) in [6.45, 7) is 10.8. The Kier molecular flexibility index (Phi) is 9.53. The van der Waals surface area contributed by atoms with Crippen molar-refractivity contribution in [2.75, 3.05) is 51.3 Å². The van der Waals surface area contributed by atoms with Gasteiger partial charge in [0.2, 0.25) is 0 Å². The van der Waals surface area contributed by atoms with Gasteiger partial charge < -0.3 is 24.6 Å². The molecule has 0 aliphatic carbocycles. The molecule has 5 rings (SSSR count). The zero-order chi connectivity index (χ0) is 29.5. The Morgan fingerprint density at radius 1 is 1.00 bits per heavy atom. The molecule has 10 heteroatoms. The molecule has 1 amide bonds. The number of ether oxygens (including phenoxy) is 2. The van der Waals surface area contributed by atoms with Crippen molar-refractivity contribution in [2.45, 2.75) is 39.8 Å². The minimum absolute atomic E-state index is 0.0315. The first-order valence-electron chi connectivity index (χ1n) is 14.8. The molecule has 0 spiro atoms. The number of rotatable bonds is 12. The lowest BCUT2D eigenvalue weighted by Crippen LogP contribution is -2.49. The lowest BCUT2D eigenvalue weighted by molar-refractivity contribution is 0.0746. The summed E-state index contributed by atoms with van der Waals surface area (Å²) < 4.78 is 13.5. The van der Waals surface area contributed by atoms with Crippen LogP contribution in [-0.4, -0.2) is 83.0 Å². The van der Waals surface area contributed by atoms with Crippen LogP contribution in [-0.2, 0) is 6.54 Å². The molecule has 4 aromatic rings. The van der Waals surface area contributed by atoms with E-state index in [2.05, 4.69) is 45.2 Å². The molecule has 1 saturated heterocycles. The van der Waals surface area contributed by atoms with Crippen molar-refractivity contribution in [1.29, 1.82) is 0 Å². The van der Waals surface area contributed by atoms with Gasteiger partial charge in [-0.3, -0.25) is 4.79 Å². The summed E-state index contributed by atoms with van der Waals surface area (Å²) >= 11 is 0. The highest BCUT2D eigenvalue weighted by Crippen LogP contribution is 2.25. The van der Waals surface area contributed by atoms with E-state index in [0.29, 0.717) is 63.5 Å². The maximum Gasteiger partial charge on any atom is 0.253 e. The first-order valence-corrected chi connectivity index (χ1v) is 14.8. The number of amides is 1. The van der Waals surface area contributed by atoms with E-state index in [4.69, 9.17) is 9.47 Å². The molecule has 42 heavy (non-hydrogen) atoms. The van der Waals surface area contributed by atoms with Crippen molar-refractivity contribution in [2.24, 2.45) is 5.92 Å². The third kappa shape index (κ3) is 6.99. The summed E-state index contributed by atoms with van der Waals surface area (Å²) in [5.41, 5.74) is 2.54. The van der Waals surface area contributed by atoms with Crippen LogP contribution in [0.5, 0.6) is 11.5 Å². The molecule has 0 unspecified atom stereocenters. The van der Waals surface area contributed by atoms with Gasteiger partial charge in [0.25, 0.3) is 5.91 Å². The molecule has 3 heterocycles. The molecule has 1 atom stereocenters. The zero-order valence-electron chi connectivity index (χ0n) is 25.0. The van der Waals surface area contributed by atoms with Gasteiger partial charge in [-0.2, -0.15) is 5.10 Å². The van der Waals surface area contributed by atoms with Crippen molar-refractivity contribution in [3.63, 3.8) is 0 Å². The van der Waals surface area contributed by atoms with Gasteiger partial charge >= 0.3 is 0 Å². The molecule has 2 aromatic heterocycles. The van der Waals surface area contributed by atoms with E-state index in [1.165, 1.54) is 0 Å². The second kappa shape index (κ2) is 13.7. The molecular formula is C32H41N7O3. The van der Waals surface area contributed by atoms with E-state index >= 15 is 0 Å². The Hall–Kier alpha value is -4.18. The van der Waals surface area contributed by atoms with Gasteiger partial charge in [-0.25, -0.2) is 14.6 Å². The molecule has 1 fully saturated rings. The van der Waals surface area contributed by atoms with Gasteiger partial charge in [-0.05, 0) is 68.3 Å². The summed E-state index contributed by atoms with van der Waals surface area (Å²) in [6.07, 6.45) is 4.47. The number of hydrogen-bond acceptors (Lipinski definition) is 8. The first-order chi connectivity index (χ1) is 20.4. The van der Waals surface area contributed by atoms with Crippen molar-refractivity contribution in [3.8, 4) is 11.5 Å². The van der Waals surface area contributed by atoms with Crippen LogP contribution in [0.3, 0.4) is 0 Å². The number of carbonyl (C=O) groups is 1. The minimum atomic E-state index is 0.0315. The average Bonchev–Trinajstić information content (AvgIpc) is 3.42. The topological polar surface area (TPSA) is 97.6 Å². The third-order valence-corrected chi connectivity index (χ3v) is 7.54. The highest BCUT2D eigenvalue weighted by Gasteiger charge is 2.25. The van der Waals surface area contributed by atoms with Crippen LogP contribution in [0.4, 0.5) is 5.82 Å². The zero-order valence-corrected chi connectivity index (χ0v) is 25.0. The number of nitrogens with one attached hydrogen (secondary N) is 1. The van der Waals surface area contributed by atoms with Crippen molar-refractivity contribution in [3.05, 3.63) is 72.2 Å². The normalized spacial score (nSPS) is 14.4.